The third-order valence-corrected chi connectivity index (χ3v) is 1.31. The molecule has 0 aliphatic carbocycles. The molecule has 0 aromatic carbocycles. The van der Waals surface area contributed by atoms with Gasteiger partial charge in [0, 0.05) is 26.5 Å². The van der Waals surface area contributed by atoms with Crippen molar-refractivity contribution >= 4 is 23.8 Å². The Labute approximate surface area is 75.9 Å². The first-order valence-corrected chi connectivity index (χ1v) is 3.75. The molecule has 0 aliphatic heterocycles. The van der Waals surface area contributed by atoms with Crippen LogP contribution in [0.4, 0.5) is 5.82 Å². The fourth-order valence-electron chi connectivity index (χ4n) is 0.570. The lowest BCUT2D eigenvalue weighted by atomic mass is 10.7. The van der Waals surface area contributed by atoms with E-state index in [1.807, 2.05) is 14.1 Å². The predicted octanol–water partition coefficient (Wildman–Crippen LogP) is 1.35. The predicted molar refractivity (Wildman–Crippen MR) is 48.9 cm³/mol. The standard InChI is InChI=1S/C7H9ClN4/c1-12(2)5-11-7-6(8)9-3-4-10-7/h3-5H,1-2H3. The summed E-state index contributed by atoms with van der Waals surface area (Å²) in [5.41, 5.74) is 0. The summed E-state index contributed by atoms with van der Waals surface area (Å²) < 4.78 is 0. The van der Waals surface area contributed by atoms with Gasteiger partial charge in [-0.1, -0.05) is 11.6 Å². The van der Waals surface area contributed by atoms with Crippen LogP contribution in [0.15, 0.2) is 17.4 Å². The third-order valence-electron chi connectivity index (χ3n) is 1.05. The monoisotopic (exact) mass is 184 g/mol. The van der Waals surface area contributed by atoms with E-state index >= 15 is 0 Å². The summed E-state index contributed by atoms with van der Waals surface area (Å²) in [6, 6.07) is 0. The van der Waals surface area contributed by atoms with E-state index in [9.17, 15) is 0 Å². The third kappa shape index (κ3) is 2.47. The van der Waals surface area contributed by atoms with Crippen molar-refractivity contribution in [3.05, 3.63) is 17.5 Å². The summed E-state index contributed by atoms with van der Waals surface area (Å²) in [5, 5.41) is 0.315. The molecule has 1 rings (SSSR count). The van der Waals surface area contributed by atoms with Crippen molar-refractivity contribution in [2.45, 2.75) is 0 Å². The van der Waals surface area contributed by atoms with Gasteiger partial charge in [-0.05, 0) is 0 Å². The van der Waals surface area contributed by atoms with Crippen LogP contribution in [0, 0.1) is 0 Å². The van der Waals surface area contributed by atoms with Crippen LogP contribution < -0.4 is 0 Å². The molecular formula is C7H9ClN4. The van der Waals surface area contributed by atoms with Gasteiger partial charge in [0.1, 0.15) is 0 Å². The van der Waals surface area contributed by atoms with Gasteiger partial charge in [-0.15, -0.1) is 0 Å². The van der Waals surface area contributed by atoms with Crippen molar-refractivity contribution in [3.63, 3.8) is 0 Å². The highest BCUT2D eigenvalue weighted by Crippen LogP contribution is 2.16. The second-order valence-electron chi connectivity index (χ2n) is 2.38. The Balaban J connectivity index is 2.82. The highest BCUT2D eigenvalue weighted by molar-refractivity contribution is 6.31. The largest absolute Gasteiger partial charge is 0.369 e. The van der Waals surface area contributed by atoms with E-state index < -0.39 is 0 Å². The molecule has 0 spiro atoms. The van der Waals surface area contributed by atoms with Crippen molar-refractivity contribution in [1.29, 1.82) is 0 Å². The van der Waals surface area contributed by atoms with Gasteiger partial charge < -0.3 is 4.90 Å². The second-order valence-corrected chi connectivity index (χ2v) is 2.74. The minimum Gasteiger partial charge on any atom is -0.369 e. The zero-order valence-electron chi connectivity index (χ0n) is 6.90. The zero-order valence-corrected chi connectivity index (χ0v) is 7.65. The number of aliphatic imine (C=N–C) groups is 1. The minimum atomic E-state index is 0.315. The van der Waals surface area contributed by atoms with E-state index in [4.69, 9.17) is 11.6 Å². The highest BCUT2D eigenvalue weighted by Gasteiger charge is 1.97. The van der Waals surface area contributed by atoms with E-state index in [-0.39, 0.29) is 0 Å². The van der Waals surface area contributed by atoms with E-state index in [0.29, 0.717) is 11.0 Å². The molecule has 0 aliphatic rings. The summed E-state index contributed by atoms with van der Waals surface area (Å²) >= 11 is 5.70. The van der Waals surface area contributed by atoms with Crippen LogP contribution in [0.5, 0.6) is 0 Å². The average molecular weight is 185 g/mol. The SMILES string of the molecule is CN(C)C=Nc1nccnc1Cl. The maximum atomic E-state index is 5.70. The van der Waals surface area contributed by atoms with E-state index in [1.165, 1.54) is 6.20 Å². The normalized spacial score (nSPS) is 10.6. The first-order valence-electron chi connectivity index (χ1n) is 3.37. The quantitative estimate of drug-likeness (QED) is 0.515. The van der Waals surface area contributed by atoms with Gasteiger partial charge in [-0.2, -0.15) is 0 Å². The Kier molecular flexibility index (Phi) is 2.99. The first kappa shape index (κ1) is 8.93. The van der Waals surface area contributed by atoms with E-state index in [2.05, 4.69) is 15.0 Å². The van der Waals surface area contributed by atoms with Crippen LogP contribution in [-0.4, -0.2) is 35.3 Å². The fraction of sp³-hybridized carbons (Fsp3) is 0.286. The van der Waals surface area contributed by atoms with Crippen molar-refractivity contribution in [2.75, 3.05) is 14.1 Å². The summed E-state index contributed by atoms with van der Waals surface area (Å²) in [7, 11) is 3.74. The zero-order chi connectivity index (χ0) is 8.97. The van der Waals surface area contributed by atoms with Crippen molar-refractivity contribution in [2.24, 2.45) is 4.99 Å². The number of hydrogen-bond acceptors (Lipinski definition) is 3. The summed E-state index contributed by atoms with van der Waals surface area (Å²) in [6.45, 7) is 0. The molecule has 1 heterocycles. The van der Waals surface area contributed by atoms with Crippen molar-refractivity contribution < 1.29 is 0 Å². The molecule has 0 fully saturated rings. The molecular weight excluding hydrogens is 176 g/mol. The van der Waals surface area contributed by atoms with Crippen LogP contribution in [-0.2, 0) is 0 Å². The molecule has 64 valence electrons. The molecule has 5 heteroatoms. The Hall–Kier alpha value is -1.16. The molecule has 1 aromatic rings. The fourth-order valence-corrected chi connectivity index (χ4v) is 0.724. The first-order chi connectivity index (χ1) is 5.70. The smallest absolute Gasteiger partial charge is 0.191 e. The van der Waals surface area contributed by atoms with Gasteiger partial charge in [0.05, 0.1) is 6.34 Å². The molecule has 0 radical (unpaired) electrons. The number of nitrogens with zero attached hydrogens (tertiary/aromatic N) is 4. The number of rotatable bonds is 2. The number of aromatic nitrogens is 2. The average Bonchev–Trinajstić information content (AvgIpc) is 2.03. The maximum Gasteiger partial charge on any atom is 0.191 e. The minimum absolute atomic E-state index is 0.315. The van der Waals surface area contributed by atoms with Crippen LogP contribution >= 0.6 is 11.6 Å². The lowest BCUT2D eigenvalue weighted by Crippen LogP contribution is -2.07. The maximum absolute atomic E-state index is 5.70. The van der Waals surface area contributed by atoms with Crippen LogP contribution in [0.2, 0.25) is 5.15 Å². The molecule has 12 heavy (non-hydrogen) atoms. The van der Waals surface area contributed by atoms with Gasteiger partial charge in [-0.25, -0.2) is 15.0 Å². The molecule has 0 N–H and O–H groups in total. The molecule has 1 aromatic heterocycles. The van der Waals surface area contributed by atoms with Gasteiger partial charge in [0.2, 0.25) is 0 Å². The Morgan fingerprint density at radius 2 is 2.08 bits per heavy atom. The molecule has 0 atom stereocenters. The lowest BCUT2D eigenvalue weighted by Gasteiger charge is -2.01. The topological polar surface area (TPSA) is 41.4 Å². The molecule has 0 saturated carbocycles. The molecule has 0 amide bonds. The summed E-state index contributed by atoms with van der Waals surface area (Å²) in [6.07, 6.45) is 4.70. The van der Waals surface area contributed by atoms with Crippen molar-refractivity contribution in [1.82, 2.24) is 14.9 Å². The molecule has 0 saturated heterocycles. The highest BCUT2D eigenvalue weighted by atomic mass is 35.5. The Morgan fingerprint density at radius 1 is 1.42 bits per heavy atom. The number of halogens is 1. The van der Waals surface area contributed by atoms with Gasteiger partial charge in [0.15, 0.2) is 11.0 Å². The molecule has 0 bridgehead atoms. The Bertz CT molecular complexity index is 284. The van der Waals surface area contributed by atoms with Crippen LogP contribution in [0.25, 0.3) is 0 Å². The molecule has 4 nitrogen and oxygen atoms in total. The molecule has 0 unspecified atom stereocenters. The van der Waals surface area contributed by atoms with Gasteiger partial charge in [0.25, 0.3) is 0 Å². The number of hydrogen-bond donors (Lipinski definition) is 0. The van der Waals surface area contributed by atoms with E-state index in [0.717, 1.165) is 0 Å². The van der Waals surface area contributed by atoms with Gasteiger partial charge in [-0.3, -0.25) is 0 Å². The summed E-state index contributed by atoms with van der Waals surface area (Å²) in [4.78, 5) is 13.6. The lowest BCUT2D eigenvalue weighted by molar-refractivity contribution is 0.643. The van der Waals surface area contributed by atoms with Crippen LogP contribution in [0.3, 0.4) is 0 Å². The van der Waals surface area contributed by atoms with Crippen molar-refractivity contribution in [3.8, 4) is 0 Å². The van der Waals surface area contributed by atoms with Gasteiger partial charge >= 0.3 is 0 Å². The summed E-state index contributed by atoms with van der Waals surface area (Å²) in [5.74, 6) is 0.438. The van der Waals surface area contributed by atoms with Crippen LogP contribution in [0.1, 0.15) is 0 Å². The second kappa shape index (κ2) is 4.01. The Morgan fingerprint density at radius 3 is 2.67 bits per heavy atom. The van der Waals surface area contributed by atoms with E-state index in [1.54, 1.807) is 17.4 Å².